The molecule has 1 aromatic heterocycles. The van der Waals surface area contributed by atoms with Gasteiger partial charge in [-0.25, -0.2) is 18.7 Å². The molecule has 6 heteroatoms. The molecule has 1 heterocycles. The standard InChI is InChI=1S/C19H17F2N3.Nb/c1-4-24(5-2)19-14-10-12(3)16(13-8-6-7-9-15(13)20)17(21)18(14)22-11-23-19;/h6-11H,1-2,4-5H2,3H3;/q-2;+2. The van der Waals surface area contributed by atoms with Crippen LogP contribution in [0.5, 0.6) is 0 Å². The van der Waals surface area contributed by atoms with Crippen molar-refractivity contribution in [3.8, 4) is 11.1 Å². The van der Waals surface area contributed by atoms with Gasteiger partial charge in [0.05, 0.1) is 0 Å². The molecule has 0 N–H and O–H groups in total. The number of nitrogens with zero attached hydrogens (tertiary/aromatic N) is 3. The predicted molar refractivity (Wildman–Crippen MR) is 92.6 cm³/mol. The van der Waals surface area contributed by atoms with Crippen LogP contribution >= 0.6 is 0 Å². The van der Waals surface area contributed by atoms with Crippen molar-refractivity contribution in [2.75, 3.05) is 18.0 Å². The van der Waals surface area contributed by atoms with Crippen LogP contribution < -0.4 is 4.90 Å². The smallest absolute Gasteiger partial charge is 0.416 e. The fourth-order valence-electron chi connectivity index (χ4n) is 2.84. The third kappa shape index (κ3) is 3.45. The summed E-state index contributed by atoms with van der Waals surface area (Å²) in [7, 11) is 0. The van der Waals surface area contributed by atoms with Gasteiger partial charge in [-0.15, -0.1) is 13.1 Å². The van der Waals surface area contributed by atoms with Crippen molar-refractivity contribution in [1.29, 1.82) is 0 Å². The Hall–Kier alpha value is -1.82. The average Bonchev–Trinajstić information content (AvgIpc) is 2.58. The number of rotatable bonds is 4. The molecule has 0 atom stereocenters. The molecule has 3 aromatic rings. The summed E-state index contributed by atoms with van der Waals surface area (Å²) in [6.07, 6.45) is 1.31. The van der Waals surface area contributed by atoms with Crippen LogP contribution in [0.15, 0.2) is 36.7 Å². The van der Waals surface area contributed by atoms with Gasteiger partial charge >= 0.3 is 22.4 Å². The van der Waals surface area contributed by atoms with Crippen molar-refractivity contribution in [2.24, 2.45) is 0 Å². The zero-order valence-electron chi connectivity index (χ0n) is 13.8. The summed E-state index contributed by atoms with van der Waals surface area (Å²) < 4.78 is 29.3. The Bertz CT molecular complexity index is 895. The number of fused-ring (bicyclic) bond motifs is 1. The zero-order valence-corrected chi connectivity index (χ0v) is 16.0. The Labute approximate surface area is 161 Å². The molecule has 0 aliphatic rings. The van der Waals surface area contributed by atoms with E-state index in [1.54, 1.807) is 31.2 Å². The molecular formula is C19H17F2N3Nb. The Morgan fingerprint density at radius 1 is 1.08 bits per heavy atom. The summed E-state index contributed by atoms with van der Waals surface area (Å²) in [6.45, 7) is 10.3. The fourth-order valence-corrected chi connectivity index (χ4v) is 2.84. The number of aryl methyl sites for hydroxylation is 1. The van der Waals surface area contributed by atoms with E-state index in [1.807, 2.05) is 4.90 Å². The van der Waals surface area contributed by atoms with E-state index in [0.29, 0.717) is 29.9 Å². The minimum absolute atomic E-state index is 0. The topological polar surface area (TPSA) is 29.0 Å². The Balaban J connectivity index is 0.00000225. The third-order valence-corrected chi connectivity index (χ3v) is 4.03. The van der Waals surface area contributed by atoms with Gasteiger partial charge in [0.15, 0.2) is 5.82 Å². The summed E-state index contributed by atoms with van der Waals surface area (Å²) >= 11 is 0. The first kappa shape index (κ1) is 19.5. The van der Waals surface area contributed by atoms with Crippen LogP contribution in [0.25, 0.3) is 22.0 Å². The predicted octanol–water partition coefficient (Wildman–Crippen LogP) is 4.36. The zero-order chi connectivity index (χ0) is 17.3. The molecule has 3 rings (SSSR count). The van der Waals surface area contributed by atoms with Gasteiger partial charge in [0.1, 0.15) is 23.5 Å². The van der Waals surface area contributed by atoms with E-state index in [9.17, 15) is 4.39 Å². The van der Waals surface area contributed by atoms with Gasteiger partial charge in [0, 0.05) is 16.5 Å². The van der Waals surface area contributed by atoms with E-state index in [4.69, 9.17) is 0 Å². The molecule has 0 spiro atoms. The number of hydrogen-bond acceptors (Lipinski definition) is 3. The molecule has 0 unspecified atom stereocenters. The molecule has 1 radical (unpaired) electrons. The monoisotopic (exact) mass is 418 g/mol. The SMILES string of the molecule is [CH2-]CN(C[CH2-])c1ncnc2c(F)c(-c3ccccc3F)c(C)cc12.[Nb+2]. The van der Waals surface area contributed by atoms with Crippen LogP contribution in [0.4, 0.5) is 14.6 Å². The second-order valence-electron chi connectivity index (χ2n) is 5.44. The van der Waals surface area contributed by atoms with Crippen molar-refractivity contribution < 1.29 is 31.2 Å². The minimum Gasteiger partial charge on any atom is -0.416 e. The van der Waals surface area contributed by atoms with E-state index in [0.717, 1.165) is 0 Å². The maximum Gasteiger partial charge on any atom is 2.00 e. The largest absolute Gasteiger partial charge is 2.00 e. The first-order chi connectivity index (χ1) is 11.6. The molecule has 0 saturated heterocycles. The molecule has 127 valence electrons. The number of halogens is 2. The maximum absolute atomic E-state index is 15.1. The van der Waals surface area contributed by atoms with Crippen LogP contribution in [0.1, 0.15) is 5.56 Å². The number of aromatic nitrogens is 2. The van der Waals surface area contributed by atoms with Crippen molar-refractivity contribution in [2.45, 2.75) is 6.92 Å². The summed E-state index contributed by atoms with van der Waals surface area (Å²) in [5.74, 6) is -0.441. The Morgan fingerprint density at radius 2 is 1.76 bits per heavy atom. The van der Waals surface area contributed by atoms with E-state index < -0.39 is 11.6 Å². The van der Waals surface area contributed by atoms with Crippen LogP contribution in [0.3, 0.4) is 0 Å². The van der Waals surface area contributed by atoms with E-state index in [1.165, 1.54) is 12.4 Å². The van der Waals surface area contributed by atoms with Crippen molar-refractivity contribution in [1.82, 2.24) is 9.97 Å². The van der Waals surface area contributed by atoms with Crippen LogP contribution in [-0.2, 0) is 22.4 Å². The Kier molecular flexibility index (Phi) is 6.27. The van der Waals surface area contributed by atoms with Crippen LogP contribution in [0.2, 0.25) is 0 Å². The van der Waals surface area contributed by atoms with Gasteiger partial charge in [0.25, 0.3) is 0 Å². The van der Waals surface area contributed by atoms with Gasteiger partial charge in [-0.3, -0.25) is 0 Å². The number of hydrogen-bond donors (Lipinski definition) is 0. The average molecular weight is 418 g/mol. The summed E-state index contributed by atoms with van der Waals surface area (Å²) in [5, 5.41) is 0.569. The molecule has 0 aliphatic carbocycles. The molecule has 0 aliphatic heterocycles. The summed E-state index contributed by atoms with van der Waals surface area (Å²) in [5.41, 5.74) is 1.23. The van der Waals surface area contributed by atoms with E-state index in [-0.39, 0.29) is 39.0 Å². The van der Waals surface area contributed by atoms with Gasteiger partial charge in [-0.05, 0) is 24.6 Å². The molecule has 25 heavy (non-hydrogen) atoms. The summed E-state index contributed by atoms with van der Waals surface area (Å²) in [4.78, 5) is 10.1. The molecule has 3 nitrogen and oxygen atoms in total. The number of benzene rings is 2. The van der Waals surface area contributed by atoms with Crippen molar-refractivity contribution in [3.63, 3.8) is 0 Å². The van der Waals surface area contributed by atoms with Crippen molar-refractivity contribution >= 4 is 16.7 Å². The van der Waals surface area contributed by atoms with Crippen molar-refractivity contribution in [3.05, 3.63) is 67.7 Å². The second kappa shape index (κ2) is 8.04. The van der Waals surface area contributed by atoms with Crippen LogP contribution in [0, 0.1) is 32.4 Å². The summed E-state index contributed by atoms with van der Waals surface area (Å²) in [6, 6.07) is 7.92. The van der Waals surface area contributed by atoms with E-state index >= 15 is 4.39 Å². The number of anilines is 1. The molecule has 0 saturated carbocycles. The molecule has 2 aromatic carbocycles. The van der Waals surface area contributed by atoms with Gasteiger partial charge < -0.3 is 18.7 Å². The van der Waals surface area contributed by atoms with E-state index in [2.05, 4.69) is 23.8 Å². The first-order valence-corrected chi connectivity index (χ1v) is 7.60. The Morgan fingerprint density at radius 3 is 2.40 bits per heavy atom. The van der Waals surface area contributed by atoms with Gasteiger partial charge in [0.2, 0.25) is 0 Å². The molecular weight excluding hydrogens is 401 g/mol. The second-order valence-corrected chi connectivity index (χ2v) is 5.44. The first-order valence-electron chi connectivity index (χ1n) is 7.60. The molecule has 0 fully saturated rings. The van der Waals surface area contributed by atoms with Gasteiger partial charge in [-0.1, -0.05) is 18.2 Å². The van der Waals surface area contributed by atoms with Crippen LogP contribution in [-0.4, -0.2) is 23.1 Å². The third-order valence-electron chi connectivity index (χ3n) is 4.03. The minimum atomic E-state index is -0.549. The fraction of sp³-hybridized carbons (Fsp3) is 0.158. The maximum atomic E-state index is 15.1. The molecule has 0 amide bonds. The normalized spacial score (nSPS) is 10.6. The quantitative estimate of drug-likeness (QED) is 0.466. The van der Waals surface area contributed by atoms with Gasteiger partial charge in [-0.2, -0.15) is 0 Å². The molecule has 0 bridgehead atoms.